The summed E-state index contributed by atoms with van der Waals surface area (Å²) in [4.78, 5) is 5.44. The lowest BCUT2D eigenvalue weighted by Gasteiger charge is -2.01. The molecule has 0 unspecified atom stereocenters. The molecule has 6 heteroatoms. The molecular weight excluding hydrogens is 327 g/mol. The highest BCUT2D eigenvalue weighted by Gasteiger charge is 2.08. The number of aromatic nitrogens is 1. The van der Waals surface area contributed by atoms with Crippen LogP contribution in [0.2, 0.25) is 10.0 Å². The van der Waals surface area contributed by atoms with Gasteiger partial charge in [0.2, 0.25) is 0 Å². The zero-order chi connectivity index (χ0) is 14.7. The molecule has 0 aliphatic carbocycles. The number of hydrogen-bond acceptors (Lipinski definition) is 4. The van der Waals surface area contributed by atoms with Gasteiger partial charge in [0.25, 0.3) is 0 Å². The van der Waals surface area contributed by atoms with Crippen molar-refractivity contribution >= 4 is 34.5 Å². The molecule has 108 valence electrons. The molecule has 0 spiro atoms. The smallest absolute Gasteiger partial charge is 0.117 e. The first-order chi connectivity index (χ1) is 10.2. The number of halogens is 2. The minimum Gasteiger partial charge on any atom is -0.468 e. The molecule has 1 aromatic carbocycles. The number of furan rings is 1. The van der Waals surface area contributed by atoms with E-state index in [-0.39, 0.29) is 0 Å². The van der Waals surface area contributed by atoms with Crippen molar-refractivity contribution in [2.24, 2.45) is 0 Å². The highest BCUT2D eigenvalue weighted by molar-refractivity contribution is 7.15. The Morgan fingerprint density at radius 2 is 2.10 bits per heavy atom. The molecule has 0 amide bonds. The summed E-state index contributed by atoms with van der Waals surface area (Å²) in [6, 6.07) is 9.30. The SMILES string of the molecule is Clc1ccc(-c2cnc(CNCc3ccco3)s2)c(Cl)c1. The maximum atomic E-state index is 6.21. The fraction of sp³-hybridized carbons (Fsp3) is 0.133. The standard InChI is InChI=1S/C15H12Cl2N2OS/c16-10-3-4-12(13(17)6-10)14-8-19-15(21-14)9-18-7-11-2-1-5-20-11/h1-6,8,18H,7,9H2. The van der Waals surface area contributed by atoms with E-state index in [4.69, 9.17) is 27.6 Å². The Labute approximate surface area is 136 Å². The van der Waals surface area contributed by atoms with E-state index in [1.165, 1.54) is 0 Å². The summed E-state index contributed by atoms with van der Waals surface area (Å²) in [5.74, 6) is 0.910. The van der Waals surface area contributed by atoms with Gasteiger partial charge in [-0.1, -0.05) is 29.3 Å². The van der Waals surface area contributed by atoms with Crippen molar-refractivity contribution in [3.63, 3.8) is 0 Å². The van der Waals surface area contributed by atoms with Crippen LogP contribution >= 0.6 is 34.5 Å². The topological polar surface area (TPSA) is 38.1 Å². The average molecular weight is 339 g/mol. The first-order valence-corrected chi connectivity index (χ1v) is 7.93. The zero-order valence-corrected chi connectivity index (χ0v) is 13.3. The highest BCUT2D eigenvalue weighted by atomic mass is 35.5. The Balaban J connectivity index is 1.65. The molecule has 2 aromatic heterocycles. The van der Waals surface area contributed by atoms with Crippen LogP contribution in [-0.4, -0.2) is 4.98 Å². The Bertz CT molecular complexity index is 725. The highest BCUT2D eigenvalue weighted by Crippen LogP contribution is 2.33. The summed E-state index contributed by atoms with van der Waals surface area (Å²) < 4.78 is 5.26. The molecule has 3 rings (SSSR count). The van der Waals surface area contributed by atoms with Crippen molar-refractivity contribution in [3.05, 3.63) is 63.6 Å². The zero-order valence-electron chi connectivity index (χ0n) is 11.0. The molecule has 0 radical (unpaired) electrons. The molecule has 3 aromatic rings. The second kappa shape index (κ2) is 6.62. The Morgan fingerprint density at radius 3 is 2.86 bits per heavy atom. The van der Waals surface area contributed by atoms with Crippen molar-refractivity contribution in [1.82, 2.24) is 10.3 Å². The fourth-order valence-corrected chi connectivity index (χ4v) is 3.40. The van der Waals surface area contributed by atoms with E-state index in [1.54, 1.807) is 23.7 Å². The molecule has 2 heterocycles. The van der Waals surface area contributed by atoms with Crippen molar-refractivity contribution in [1.29, 1.82) is 0 Å². The van der Waals surface area contributed by atoms with Crippen molar-refractivity contribution in [3.8, 4) is 10.4 Å². The summed E-state index contributed by atoms with van der Waals surface area (Å²) in [6.07, 6.45) is 3.50. The van der Waals surface area contributed by atoms with E-state index in [9.17, 15) is 0 Å². The lowest BCUT2D eigenvalue weighted by molar-refractivity contribution is 0.483. The van der Waals surface area contributed by atoms with Gasteiger partial charge in [0.1, 0.15) is 10.8 Å². The van der Waals surface area contributed by atoms with Crippen molar-refractivity contribution < 1.29 is 4.42 Å². The van der Waals surface area contributed by atoms with Gasteiger partial charge >= 0.3 is 0 Å². The number of hydrogen-bond donors (Lipinski definition) is 1. The largest absolute Gasteiger partial charge is 0.468 e. The van der Waals surface area contributed by atoms with Crippen LogP contribution in [0.25, 0.3) is 10.4 Å². The minimum atomic E-state index is 0.633. The van der Waals surface area contributed by atoms with Crippen LogP contribution in [-0.2, 0) is 13.1 Å². The summed E-state index contributed by atoms with van der Waals surface area (Å²) in [5, 5.41) is 5.57. The van der Waals surface area contributed by atoms with E-state index < -0.39 is 0 Å². The molecular formula is C15H12Cl2N2OS. The lowest BCUT2D eigenvalue weighted by atomic mass is 10.2. The van der Waals surface area contributed by atoms with Crippen molar-refractivity contribution in [2.45, 2.75) is 13.1 Å². The van der Waals surface area contributed by atoms with Crippen LogP contribution in [0.4, 0.5) is 0 Å². The van der Waals surface area contributed by atoms with Gasteiger partial charge in [0, 0.05) is 23.3 Å². The molecule has 3 nitrogen and oxygen atoms in total. The van der Waals surface area contributed by atoms with Crippen LogP contribution in [0.3, 0.4) is 0 Å². The number of thiazole rings is 1. The van der Waals surface area contributed by atoms with Gasteiger partial charge in [0.05, 0.1) is 22.7 Å². The molecule has 0 fully saturated rings. The average Bonchev–Trinajstić information content (AvgIpc) is 3.10. The monoisotopic (exact) mass is 338 g/mol. The first-order valence-electron chi connectivity index (χ1n) is 6.35. The molecule has 0 aliphatic rings. The maximum Gasteiger partial charge on any atom is 0.117 e. The van der Waals surface area contributed by atoms with E-state index in [1.807, 2.05) is 30.5 Å². The van der Waals surface area contributed by atoms with E-state index in [0.29, 0.717) is 23.1 Å². The van der Waals surface area contributed by atoms with E-state index >= 15 is 0 Å². The molecule has 0 saturated heterocycles. The second-order valence-electron chi connectivity index (χ2n) is 4.43. The van der Waals surface area contributed by atoms with Gasteiger partial charge in [0.15, 0.2) is 0 Å². The third kappa shape index (κ3) is 3.66. The van der Waals surface area contributed by atoms with Crippen LogP contribution in [0.15, 0.2) is 47.2 Å². The Hall–Kier alpha value is -1.33. The van der Waals surface area contributed by atoms with Gasteiger partial charge in [-0.2, -0.15) is 0 Å². The van der Waals surface area contributed by atoms with Gasteiger partial charge in [-0.25, -0.2) is 4.98 Å². The van der Waals surface area contributed by atoms with Gasteiger partial charge in [-0.05, 0) is 24.3 Å². The summed E-state index contributed by atoms with van der Waals surface area (Å²) in [6.45, 7) is 1.38. The second-order valence-corrected chi connectivity index (χ2v) is 6.38. The number of rotatable bonds is 5. The minimum absolute atomic E-state index is 0.633. The third-order valence-electron chi connectivity index (χ3n) is 2.91. The molecule has 0 atom stereocenters. The first kappa shape index (κ1) is 14.6. The normalized spacial score (nSPS) is 11.0. The summed E-state index contributed by atoms with van der Waals surface area (Å²) in [5.41, 5.74) is 0.954. The Kier molecular flexibility index (Phi) is 4.60. The third-order valence-corrected chi connectivity index (χ3v) is 4.48. The van der Waals surface area contributed by atoms with Crippen LogP contribution < -0.4 is 5.32 Å². The van der Waals surface area contributed by atoms with Crippen LogP contribution in [0.1, 0.15) is 10.8 Å². The van der Waals surface area contributed by atoms with Crippen LogP contribution in [0.5, 0.6) is 0 Å². The van der Waals surface area contributed by atoms with Gasteiger partial charge in [-0.15, -0.1) is 11.3 Å². The van der Waals surface area contributed by atoms with Gasteiger partial charge in [-0.3, -0.25) is 0 Å². The maximum absolute atomic E-state index is 6.21. The molecule has 0 bridgehead atoms. The van der Waals surface area contributed by atoms with Crippen LogP contribution in [0, 0.1) is 0 Å². The summed E-state index contributed by atoms with van der Waals surface area (Å²) in [7, 11) is 0. The van der Waals surface area contributed by atoms with E-state index in [0.717, 1.165) is 21.2 Å². The predicted molar refractivity (Wildman–Crippen MR) is 86.8 cm³/mol. The molecule has 0 aliphatic heterocycles. The summed E-state index contributed by atoms with van der Waals surface area (Å²) >= 11 is 13.7. The Morgan fingerprint density at radius 1 is 1.19 bits per heavy atom. The lowest BCUT2D eigenvalue weighted by Crippen LogP contribution is -2.11. The molecule has 0 saturated carbocycles. The quantitative estimate of drug-likeness (QED) is 0.711. The predicted octanol–water partition coefficient (Wildman–Crippen LogP) is 5.00. The van der Waals surface area contributed by atoms with E-state index in [2.05, 4.69) is 10.3 Å². The van der Waals surface area contributed by atoms with Crippen molar-refractivity contribution in [2.75, 3.05) is 0 Å². The molecule has 21 heavy (non-hydrogen) atoms. The van der Waals surface area contributed by atoms with Gasteiger partial charge < -0.3 is 9.73 Å². The number of nitrogens with one attached hydrogen (secondary N) is 1. The number of benzene rings is 1. The molecule has 1 N–H and O–H groups in total. The fourth-order valence-electron chi connectivity index (χ4n) is 1.91. The number of nitrogens with zero attached hydrogens (tertiary/aromatic N) is 1.